The number of carboxylic acid groups (broad SMARTS) is 1. The highest BCUT2D eigenvalue weighted by Gasteiger charge is 2.37. The molecule has 1 saturated carbocycles. The van der Waals surface area contributed by atoms with Crippen LogP contribution in [0.5, 0.6) is 0 Å². The number of carboxylic acids is 1. The molecule has 0 heterocycles. The van der Waals surface area contributed by atoms with E-state index in [1.54, 1.807) is 0 Å². The third kappa shape index (κ3) is 5.49. The Balaban J connectivity index is 2.42. The summed E-state index contributed by atoms with van der Waals surface area (Å²) in [7, 11) is 2.08. The Bertz CT molecular complexity index is 262. The molecule has 1 fully saturated rings. The van der Waals surface area contributed by atoms with E-state index in [-0.39, 0.29) is 18.6 Å². The molecule has 4 heteroatoms. The van der Waals surface area contributed by atoms with E-state index < -0.39 is 5.97 Å². The summed E-state index contributed by atoms with van der Waals surface area (Å²) in [6, 6.07) is 0. The van der Waals surface area contributed by atoms with Crippen LogP contribution in [0.4, 0.5) is 0 Å². The van der Waals surface area contributed by atoms with Crippen molar-refractivity contribution in [3.63, 3.8) is 0 Å². The Morgan fingerprint density at radius 3 is 2.32 bits per heavy atom. The van der Waals surface area contributed by atoms with Gasteiger partial charge in [0.15, 0.2) is 0 Å². The summed E-state index contributed by atoms with van der Waals surface area (Å²) in [6.45, 7) is 1.25. The molecule has 2 N–H and O–H groups in total. The minimum Gasteiger partial charge on any atom is -0.481 e. The van der Waals surface area contributed by atoms with Crippen LogP contribution in [0.2, 0.25) is 0 Å². The van der Waals surface area contributed by atoms with Gasteiger partial charge in [0.1, 0.15) is 0 Å². The fourth-order valence-electron chi connectivity index (χ4n) is 3.24. The van der Waals surface area contributed by atoms with Crippen LogP contribution in [0, 0.1) is 0 Å². The molecule has 0 aromatic carbocycles. The lowest BCUT2D eigenvalue weighted by Gasteiger charge is -2.44. The zero-order chi connectivity index (χ0) is 14.1. The number of aliphatic carboxylic acids is 1. The van der Waals surface area contributed by atoms with Gasteiger partial charge in [0, 0.05) is 12.1 Å². The molecular formula is C15H29NO3. The number of carbonyl (C=O) groups is 1. The Morgan fingerprint density at radius 1 is 1.11 bits per heavy atom. The summed E-state index contributed by atoms with van der Waals surface area (Å²) in [6.07, 6.45) is 10.0. The molecule has 0 atom stereocenters. The molecule has 1 aliphatic carbocycles. The molecule has 0 unspecified atom stereocenters. The molecule has 1 aliphatic rings. The van der Waals surface area contributed by atoms with Crippen LogP contribution < -0.4 is 0 Å². The lowest BCUT2D eigenvalue weighted by Crippen LogP contribution is -2.49. The topological polar surface area (TPSA) is 60.8 Å². The predicted molar refractivity (Wildman–Crippen MR) is 76.3 cm³/mol. The minimum absolute atomic E-state index is 0.110. The Morgan fingerprint density at radius 2 is 1.74 bits per heavy atom. The molecule has 19 heavy (non-hydrogen) atoms. The van der Waals surface area contributed by atoms with Gasteiger partial charge in [-0.25, -0.2) is 0 Å². The third-order valence-electron chi connectivity index (χ3n) is 4.48. The highest BCUT2D eigenvalue weighted by Crippen LogP contribution is 2.36. The zero-order valence-electron chi connectivity index (χ0n) is 12.2. The van der Waals surface area contributed by atoms with Crippen LogP contribution in [0.15, 0.2) is 0 Å². The van der Waals surface area contributed by atoms with E-state index in [2.05, 4.69) is 11.9 Å². The summed E-state index contributed by atoms with van der Waals surface area (Å²) < 4.78 is 0. The third-order valence-corrected chi connectivity index (χ3v) is 4.48. The minimum atomic E-state index is -0.672. The van der Waals surface area contributed by atoms with Crippen molar-refractivity contribution in [3.05, 3.63) is 0 Å². The van der Waals surface area contributed by atoms with E-state index in [0.29, 0.717) is 0 Å². The largest absolute Gasteiger partial charge is 0.481 e. The van der Waals surface area contributed by atoms with Crippen LogP contribution in [0.25, 0.3) is 0 Å². The molecule has 0 amide bonds. The van der Waals surface area contributed by atoms with E-state index in [0.717, 1.165) is 57.9 Å². The monoisotopic (exact) mass is 271 g/mol. The fourth-order valence-corrected chi connectivity index (χ4v) is 3.24. The molecule has 0 aromatic rings. The first-order chi connectivity index (χ1) is 9.10. The number of aliphatic hydroxyl groups excluding tert-OH is 1. The maximum absolute atomic E-state index is 11.1. The van der Waals surface area contributed by atoms with Crippen molar-refractivity contribution in [2.75, 3.05) is 20.2 Å². The second-order valence-corrected chi connectivity index (χ2v) is 5.91. The molecule has 112 valence electrons. The number of aliphatic hydroxyl groups is 1. The highest BCUT2D eigenvalue weighted by molar-refractivity contribution is 5.68. The summed E-state index contributed by atoms with van der Waals surface area (Å²) in [5.74, 6) is -0.672. The first kappa shape index (κ1) is 16.4. The van der Waals surface area contributed by atoms with Gasteiger partial charge >= 0.3 is 5.97 Å². The van der Waals surface area contributed by atoms with Gasteiger partial charge in [-0.15, -0.1) is 0 Å². The van der Waals surface area contributed by atoms with Crippen molar-refractivity contribution in [3.8, 4) is 0 Å². The molecule has 0 aliphatic heterocycles. The van der Waals surface area contributed by atoms with Gasteiger partial charge in [0.25, 0.3) is 0 Å². The summed E-state index contributed by atoms with van der Waals surface area (Å²) in [5, 5.41) is 17.9. The Kier molecular flexibility index (Phi) is 7.39. The van der Waals surface area contributed by atoms with Crippen molar-refractivity contribution in [1.82, 2.24) is 4.90 Å². The summed E-state index contributed by atoms with van der Waals surface area (Å²) in [4.78, 5) is 13.4. The van der Waals surface area contributed by atoms with Gasteiger partial charge in [0.05, 0.1) is 6.42 Å². The van der Waals surface area contributed by atoms with Crippen molar-refractivity contribution in [1.29, 1.82) is 0 Å². The van der Waals surface area contributed by atoms with E-state index in [1.165, 1.54) is 6.42 Å². The molecule has 4 nitrogen and oxygen atoms in total. The lowest BCUT2D eigenvalue weighted by atomic mass is 9.78. The van der Waals surface area contributed by atoms with Crippen LogP contribution in [-0.4, -0.2) is 46.8 Å². The number of hydrogen-bond donors (Lipinski definition) is 2. The van der Waals surface area contributed by atoms with E-state index in [1.807, 2.05) is 0 Å². The van der Waals surface area contributed by atoms with Gasteiger partial charge in [0.2, 0.25) is 0 Å². The molecule has 0 aromatic heterocycles. The van der Waals surface area contributed by atoms with E-state index >= 15 is 0 Å². The maximum atomic E-state index is 11.1. The molecule has 0 spiro atoms. The average Bonchev–Trinajstić information content (AvgIpc) is 2.38. The number of nitrogens with zero attached hydrogens (tertiary/aromatic N) is 1. The van der Waals surface area contributed by atoms with Gasteiger partial charge in [-0.3, -0.25) is 4.79 Å². The van der Waals surface area contributed by atoms with Crippen molar-refractivity contribution >= 4 is 5.97 Å². The molecular weight excluding hydrogens is 242 g/mol. The molecule has 0 bridgehead atoms. The predicted octanol–water partition coefficient (Wildman–Crippen LogP) is 2.65. The van der Waals surface area contributed by atoms with Gasteiger partial charge in [-0.05, 0) is 39.3 Å². The Labute approximate surface area is 116 Å². The normalized spacial score (nSPS) is 18.7. The van der Waals surface area contributed by atoms with Crippen molar-refractivity contribution in [2.24, 2.45) is 0 Å². The summed E-state index contributed by atoms with van der Waals surface area (Å²) >= 11 is 0. The lowest BCUT2D eigenvalue weighted by molar-refractivity contribution is -0.141. The molecule has 0 saturated heterocycles. The number of unbranched alkanes of at least 4 members (excludes halogenated alkanes) is 3. The van der Waals surface area contributed by atoms with Gasteiger partial charge in [-0.2, -0.15) is 0 Å². The molecule has 1 rings (SSSR count). The van der Waals surface area contributed by atoms with Crippen molar-refractivity contribution in [2.45, 2.75) is 69.7 Å². The van der Waals surface area contributed by atoms with Gasteiger partial charge < -0.3 is 15.1 Å². The second kappa shape index (κ2) is 8.54. The maximum Gasteiger partial charge on any atom is 0.305 e. The van der Waals surface area contributed by atoms with Crippen LogP contribution in [-0.2, 0) is 4.79 Å². The van der Waals surface area contributed by atoms with Crippen molar-refractivity contribution < 1.29 is 15.0 Å². The standard InChI is InChI=1S/C15H29NO3/c1-16(11-7-2-3-8-12-17)15(13-14(18)19)9-5-4-6-10-15/h17H,2-13H2,1H3,(H,18,19). The quantitative estimate of drug-likeness (QED) is 0.633. The highest BCUT2D eigenvalue weighted by atomic mass is 16.4. The fraction of sp³-hybridized carbons (Fsp3) is 0.933. The first-order valence-electron chi connectivity index (χ1n) is 7.65. The van der Waals surface area contributed by atoms with Crippen LogP contribution >= 0.6 is 0 Å². The second-order valence-electron chi connectivity index (χ2n) is 5.91. The molecule has 0 radical (unpaired) electrons. The Hall–Kier alpha value is -0.610. The zero-order valence-corrected chi connectivity index (χ0v) is 12.2. The number of rotatable bonds is 9. The first-order valence-corrected chi connectivity index (χ1v) is 7.65. The smallest absolute Gasteiger partial charge is 0.305 e. The van der Waals surface area contributed by atoms with E-state index in [4.69, 9.17) is 10.2 Å². The van der Waals surface area contributed by atoms with E-state index in [9.17, 15) is 4.79 Å². The average molecular weight is 271 g/mol. The van der Waals surface area contributed by atoms with Crippen LogP contribution in [0.3, 0.4) is 0 Å². The summed E-state index contributed by atoms with van der Waals surface area (Å²) in [5.41, 5.74) is -0.110. The van der Waals surface area contributed by atoms with Gasteiger partial charge in [-0.1, -0.05) is 32.1 Å². The van der Waals surface area contributed by atoms with Crippen LogP contribution in [0.1, 0.15) is 64.2 Å². The SMILES string of the molecule is CN(CCCCCCO)C1(CC(=O)O)CCCCC1. The number of hydrogen-bond acceptors (Lipinski definition) is 3.